The van der Waals surface area contributed by atoms with E-state index in [-0.39, 0.29) is 11.6 Å². The minimum Gasteiger partial charge on any atom is -0.383 e. The number of azide groups is 1. The van der Waals surface area contributed by atoms with E-state index in [1.54, 1.807) is 0 Å². The summed E-state index contributed by atoms with van der Waals surface area (Å²) in [6, 6.07) is 0. The largest absolute Gasteiger partial charge is 0.383 e. The lowest BCUT2D eigenvalue weighted by Gasteiger charge is -2.32. The van der Waals surface area contributed by atoms with Crippen molar-refractivity contribution in [2.75, 3.05) is 6.54 Å². The fourth-order valence-electron chi connectivity index (χ4n) is 1.40. The van der Waals surface area contributed by atoms with Crippen LogP contribution in [0.5, 0.6) is 0 Å². The van der Waals surface area contributed by atoms with Crippen molar-refractivity contribution in [3.8, 4) is 0 Å². The molecule has 1 rings (SSSR count). The zero-order valence-electron chi connectivity index (χ0n) is 14.3. The highest BCUT2D eigenvalue weighted by atomic mass is 32.2. The number of hydrogen-bond acceptors (Lipinski definition) is 6. The second-order valence-electron chi connectivity index (χ2n) is 7.12. The molecule has 11 heteroatoms. The quantitative estimate of drug-likeness (QED) is 0.352. The molecule has 0 aliphatic heterocycles. The van der Waals surface area contributed by atoms with Crippen LogP contribution in [0, 0.1) is 0 Å². The molecule has 0 aromatic carbocycles. The van der Waals surface area contributed by atoms with Gasteiger partial charge in [-0.2, -0.15) is 0 Å². The van der Waals surface area contributed by atoms with Crippen LogP contribution in [-0.4, -0.2) is 29.1 Å². The van der Waals surface area contributed by atoms with E-state index in [0.717, 1.165) is 11.3 Å². The molecule has 130 valence electrons. The van der Waals surface area contributed by atoms with Crippen molar-refractivity contribution >= 4 is 29.5 Å². The first-order chi connectivity index (χ1) is 10.2. The molecular formula is C12H24N6O2S2Si. The highest BCUT2D eigenvalue weighted by molar-refractivity contribution is 7.94. The van der Waals surface area contributed by atoms with Crippen molar-refractivity contribution in [3.63, 3.8) is 0 Å². The van der Waals surface area contributed by atoms with Crippen molar-refractivity contribution in [1.29, 1.82) is 0 Å². The SMILES string of the molecule is CC(O)(CN=[N+]=[N-])c1ncc(S(N)(=O)=N[Si](C)(C)C(C)(C)C)s1. The molecule has 0 spiro atoms. The normalized spacial score (nSPS) is 17.7. The lowest BCUT2D eigenvalue weighted by atomic mass is 10.1. The van der Waals surface area contributed by atoms with E-state index in [0.29, 0.717) is 9.22 Å². The molecule has 8 nitrogen and oxygen atoms in total. The van der Waals surface area contributed by atoms with Gasteiger partial charge >= 0.3 is 0 Å². The average molecular weight is 377 g/mol. The Balaban J connectivity index is 3.28. The maximum absolute atomic E-state index is 12.9. The highest BCUT2D eigenvalue weighted by Crippen LogP contribution is 2.38. The predicted octanol–water partition coefficient (Wildman–Crippen LogP) is 3.37. The Hall–Kier alpha value is -0.973. The summed E-state index contributed by atoms with van der Waals surface area (Å²) in [6.07, 6.45) is 1.38. The predicted molar refractivity (Wildman–Crippen MR) is 95.9 cm³/mol. The number of aromatic nitrogens is 1. The first kappa shape index (κ1) is 20.1. The summed E-state index contributed by atoms with van der Waals surface area (Å²) < 4.78 is 17.7. The van der Waals surface area contributed by atoms with Crippen LogP contribution in [0.3, 0.4) is 0 Å². The van der Waals surface area contributed by atoms with Crippen molar-refractivity contribution in [3.05, 3.63) is 21.6 Å². The topological polar surface area (TPSA) is 137 Å². The van der Waals surface area contributed by atoms with Gasteiger partial charge in [0.1, 0.15) is 24.7 Å². The fraction of sp³-hybridized carbons (Fsp3) is 0.750. The van der Waals surface area contributed by atoms with Gasteiger partial charge in [-0.3, -0.25) is 4.03 Å². The summed E-state index contributed by atoms with van der Waals surface area (Å²) in [4.78, 5) is 6.71. The van der Waals surface area contributed by atoms with Crippen molar-refractivity contribution < 1.29 is 9.32 Å². The van der Waals surface area contributed by atoms with Gasteiger partial charge in [0.2, 0.25) is 0 Å². The molecule has 23 heavy (non-hydrogen) atoms. The summed E-state index contributed by atoms with van der Waals surface area (Å²) in [5.41, 5.74) is 6.94. The van der Waals surface area contributed by atoms with Crippen molar-refractivity contribution in [2.24, 2.45) is 14.3 Å². The molecule has 3 N–H and O–H groups in total. The molecule has 1 aromatic heterocycles. The van der Waals surface area contributed by atoms with Gasteiger partial charge in [-0.25, -0.2) is 14.3 Å². The number of thiazole rings is 1. The van der Waals surface area contributed by atoms with Gasteiger partial charge in [0.25, 0.3) is 0 Å². The maximum atomic E-state index is 12.9. The second-order valence-corrected chi connectivity index (χ2v) is 15.3. The molecule has 2 atom stereocenters. The minimum absolute atomic E-state index is 0.0877. The van der Waals surface area contributed by atoms with Crippen LogP contribution >= 0.6 is 11.3 Å². The number of rotatable bonds is 5. The molecule has 1 heterocycles. The van der Waals surface area contributed by atoms with Gasteiger partial charge in [-0.05, 0) is 30.6 Å². The van der Waals surface area contributed by atoms with Crippen molar-refractivity contribution in [2.45, 2.75) is 55.6 Å². The van der Waals surface area contributed by atoms with Gasteiger partial charge in [0.15, 0.2) is 8.24 Å². The summed E-state index contributed by atoms with van der Waals surface area (Å²) in [5.74, 6) is 0. The van der Waals surface area contributed by atoms with E-state index < -0.39 is 23.8 Å². The molecule has 2 unspecified atom stereocenters. The third-order valence-corrected chi connectivity index (χ3v) is 13.1. The molecule has 0 amide bonds. The number of aliphatic hydroxyl groups is 1. The summed E-state index contributed by atoms with van der Waals surface area (Å²) in [7, 11) is -5.29. The monoisotopic (exact) mass is 376 g/mol. The summed E-state index contributed by atoms with van der Waals surface area (Å²) in [6.45, 7) is 11.5. The fourth-order valence-corrected chi connectivity index (χ4v) is 7.51. The molecule has 0 aliphatic rings. The minimum atomic E-state index is -3.08. The maximum Gasteiger partial charge on any atom is 0.195 e. The zero-order chi connectivity index (χ0) is 18.1. The molecule has 0 radical (unpaired) electrons. The zero-order valence-corrected chi connectivity index (χ0v) is 16.9. The molecular weight excluding hydrogens is 352 g/mol. The molecule has 0 saturated heterocycles. The number of nitrogens with two attached hydrogens (primary N) is 1. The third kappa shape index (κ3) is 4.75. The Labute approximate surface area is 142 Å². The molecule has 0 saturated carbocycles. The van der Waals surface area contributed by atoms with E-state index >= 15 is 0 Å². The average Bonchev–Trinajstić information content (AvgIpc) is 2.84. The van der Waals surface area contributed by atoms with Gasteiger partial charge in [-0.1, -0.05) is 25.9 Å². The summed E-state index contributed by atoms with van der Waals surface area (Å²) >= 11 is 1.03. The van der Waals surface area contributed by atoms with Gasteiger partial charge in [0, 0.05) is 4.91 Å². The number of hydrogen-bond donors (Lipinski definition) is 2. The van der Waals surface area contributed by atoms with E-state index in [1.807, 2.05) is 13.1 Å². The highest BCUT2D eigenvalue weighted by Gasteiger charge is 2.38. The van der Waals surface area contributed by atoms with Crippen LogP contribution in [0.25, 0.3) is 10.4 Å². The molecule has 0 bridgehead atoms. The standard InChI is InChI=1S/C12H24N6O2S2Si/c1-11(2,3)23(5,6)18-22(14,20)9-7-15-10(21-9)12(4,19)8-16-17-13/h7,19H,8H2,1-6H3,(H2,14,18,20). The van der Waals surface area contributed by atoms with Crippen LogP contribution in [0.4, 0.5) is 0 Å². The van der Waals surface area contributed by atoms with Crippen LogP contribution < -0.4 is 5.14 Å². The third-order valence-electron chi connectivity index (χ3n) is 3.87. The van der Waals surface area contributed by atoms with E-state index in [4.69, 9.17) is 10.7 Å². The van der Waals surface area contributed by atoms with Crippen LogP contribution in [0.1, 0.15) is 32.7 Å². The van der Waals surface area contributed by atoms with E-state index in [9.17, 15) is 9.32 Å². The lowest BCUT2D eigenvalue weighted by Crippen LogP contribution is -2.37. The molecule has 0 fully saturated rings. The Kier molecular flexibility index (Phi) is 5.67. The Morgan fingerprint density at radius 1 is 1.48 bits per heavy atom. The van der Waals surface area contributed by atoms with Gasteiger partial charge < -0.3 is 5.11 Å². The first-order valence-electron chi connectivity index (χ1n) is 6.98. The number of nitrogens with zero attached hydrogens (tertiary/aromatic N) is 5. The van der Waals surface area contributed by atoms with Gasteiger partial charge in [0.05, 0.1) is 12.7 Å². The smallest absolute Gasteiger partial charge is 0.195 e. The van der Waals surface area contributed by atoms with Gasteiger partial charge in [-0.15, -0.1) is 11.3 Å². The van der Waals surface area contributed by atoms with Crippen LogP contribution in [-0.2, 0) is 15.5 Å². The van der Waals surface area contributed by atoms with Crippen LogP contribution in [0.2, 0.25) is 18.1 Å². The summed E-state index contributed by atoms with van der Waals surface area (Å²) in [5, 5.41) is 19.8. The van der Waals surface area contributed by atoms with E-state index in [2.05, 4.69) is 39.8 Å². The van der Waals surface area contributed by atoms with E-state index in [1.165, 1.54) is 13.1 Å². The Bertz CT molecular complexity index is 737. The Morgan fingerprint density at radius 2 is 2.04 bits per heavy atom. The van der Waals surface area contributed by atoms with Crippen molar-refractivity contribution in [1.82, 2.24) is 4.98 Å². The first-order valence-corrected chi connectivity index (χ1v) is 12.3. The lowest BCUT2D eigenvalue weighted by molar-refractivity contribution is 0.0666. The van der Waals surface area contributed by atoms with Crippen LogP contribution in [0.15, 0.2) is 19.5 Å². The molecule has 0 aliphatic carbocycles. The second kappa shape index (κ2) is 6.50. The Morgan fingerprint density at radius 3 is 2.52 bits per heavy atom. The molecule has 1 aromatic rings.